The first-order valence-electron chi connectivity index (χ1n) is 6.11. The minimum atomic E-state index is 0.256. The molecule has 1 atom stereocenters. The highest BCUT2D eigenvalue weighted by Crippen LogP contribution is 2.29. The van der Waals surface area contributed by atoms with Gasteiger partial charge in [-0.05, 0) is 32.9 Å². The fourth-order valence-electron chi connectivity index (χ4n) is 2.24. The van der Waals surface area contributed by atoms with Crippen LogP contribution in [0.15, 0.2) is 24.3 Å². The van der Waals surface area contributed by atoms with Crippen LogP contribution in [0.1, 0.15) is 45.2 Å². The van der Waals surface area contributed by atoms with Crippen molar-refractivity contribution in [3.8, 4) is 5.75 Å². The average molecular weight is 221 g/mol. The van der Waals surface area contributed by atoms with Gasteiger partial charge in [0.1, 0.15) is 5.75 Å². The Balaban J connectivity index is 2.85. The third-order valence-electron chi connectivity index (χ3n) is 3.52. The number of para-hydroxylation sites is 1. The number of hydrogen-bond acceptors (Lipinski definition) is 2. The van der Waals surface area contributed by atoms with E-state index in [0.29, 0.717) is 11.8 Å². The van der Waals surface area contributed by atoms with E-state index in [1.807, 2.05) is 18.2 Å². The summed E-state index contributed by atoms with van der Waals surface area (Å²) in [5.74, 6) is 0.396. The molecule has 0 aliphatic heterocycles. The van der Waals surface area contributed by atoms with Gasteiger partial charge >= 0.3 is 0 Å². The summed E-state index contributed by atoms with van der Waals surface area (Å²) < 4.78 is 0. The SMILES string of the molecule is CCC(CC)N(C)C(C)c1ccccc1O. The molecule has 1 aromatic carbocycles. The van der Waals surface area contributed by atoms with Crippen LogP contribution >= 0.6 is 0 Å². The number of rotatable bonds is 5. The lowest BCUT2D eigenvalue weighted by Gasteiger charge is -2.32. The van der Waals surface area contributed by atoms with E-state index in [2.05, 4.69) is 32.7 Å². The second-order valence-electron chi connectivity index (χ2n) is 4.37. The van der Waals surface area contributed by atoms with Crippen LogP contribution in [0.4, 0.5) is 0 Å². The van der Waals surface area contributed by atoms with Gasteiger partial charge in [0, 0.05) is 17.6 Å². The van der Waals surface area contributed by atoms with Gasteiger partial charge in [0.2, 0.25) is 0 Å². The summed E-state index contributed by atoms with van der Waals surface area (Å²) in [5.41, 5.74) is 1.01. The molecule has 2 heteroatoms. The smallest absolute Gasteiger partial charge is 0.120 e. The molecule has 1 unspecified atom stereocenters. The highest BCUT2D eigenvalue weighted by Gasteiger charge is 2.19. The molecule has 0 saturated heterocycles. The maximum Gasteiger partial charge on any atom is 0.120 e. The van der Waals surface area contributed by atoms with Crippen molar-refractivity contribution >= 4 is 0 Å². The van der Waals surface area contributed by atoms with Crippen molar-refractivity contribution < 1.29 is 5.11 Å². The van der Waals surface area contributed by atoms with E-state index in [1.54, 1.807) is 6.07 Å². The molecule has 1 rings (SSSR count). The number of phenols is 1. The third-order valence-corrected chi connectivity index (χ3v) is 3.52. The van der Waals surface area contributed by atoms with E-state index in [-0.39, 0.29) is 6.04 Å². The molecule has 0 saturated carbocycles. The van der Waals surface area contributed by atoms with Crippen LogP contribution in [-0.2, 0) is 0 Å². The minimum Gasteiger partial charge on any atom is -0.508 e. The van der Waals surface area contributed by atoms with E-state index < -0.39 is 0 Å². The predicted molar refractivity (Wildman–Crippen MR) is 68.7 cm³/mol. The highest BCUT2D eigenvalue weighted by molar-refractivity contribution is 5.34. The Kier molecular flexibility index (Phi) is 4.81. The molecule has 0 amide bonds. The standard InChI is InChI=1S/C14H23NO/c1-5-12(6-2)15(4)11(3)13-9-7-8-10-14(13)16/h7-12,16H,5-6H2,1-4H3. The Morgan fingerprint density at radius 2 is 1.75 bits per heavy atom. The lowest BCUT2D eigenvalue weighted by atomic mass is 10.0. The molecule has 0 aliphatic carbocycles. The second-order valence-corrected chi connectivity index (χ2v) is 4.37. The first-order valence-corrected chi connectivity index (χ1v) is 6.11. The maximum atomic E-state index is 9.83. The zero-order chi connectivity index (χ0) is 12.1. The fraction of sp³-hybridized carbons (Fsp3) is 0.571. The van der Waals surface area contributed by atoms with E-state index in [4.69, 9.17) is 0 Å². The number of nitrogens with zero attached hydrogens (tertiary/aromatic N) is 1. The van der Waals surface area contributed by atoms with Crippen LogP contribution in [-0.4, -0.2) is 23.1 Å². The van der Waals surface area contributed by atoms with Crippen molar-refractivity contribution in [2.24, 2.45) is 0 Å². The number of benzene rings is 1. The molecule has 0 aliphatic rings. The molecule has 1 N–H and O–H groups in total. The first-order chi connectivity index (χ1) is 7.61. The fourth-order valence-corrected chi connectivity index (χ4v) is 2.24. The summed E-state index contributed by atoms with van der Waals surface area (Å²) >= 11 is 0. The molecule has 0 radical (unpaired) electrons. The van der Waals surface area contributed by atoms with Crippen molar-refractivity contribution in [3.63, 3.8) is 0 Å². The van der Waals surface area contributed by atoms with Crippen molar-refractivity contribution in [3.05, 3.63) is 29.8 Å². The number of aromatic hydroxyl groups is 1. The van der Waals surface area contributed by atoms with E-state index in [0.717, 1.165) is 18.4 Å². The van der Waals surface area contributed by atoms with Gasteiger partial charge in [-0.2, -0.15) is 0 Å². The number of phenolic OH excluding ortho intramolecular Hbond substituents is 1. The maximum absolute atomic E-state index is 9.83. The molecular weight excluding hydrogens is 198 g/mol. The molecule has 2 nitrogen and oxygen atoms in total. The van der Waals surface area contributed by atoms with Gasteiger partial charge in [-0.3, -0.25) is 4.90 Å². The lowest BCUT2D eigenvalue weighted by molar-refractivity contribution is 0.173. The lowest BCUT2D eigenvalue weighted by Crippen LogP contribution is -2.33. The van der Waals surface area contributed by atoms with Gasteiger partial charge < -0.3 is 5.11 Å². The predicted octanol–water partition coefficient (Wildman–Crippen LogP) is 3.57. The quantitative estimate of drug-likeness (QED) is 0.821. The van der Waals surface area contributed by atoms with Gasteiger partial charge in [0.05, 0.1) is 0 Å². The summed E-state index contributed by atoms with van der Waals surface area (Å²) in [5, 5.41) is 9.83. The highest BCUT2D eigenvalue weighted by atomic mass is 16.3. The molecule has 0 aromatic heterocycles. The zero-order valence-electron chi connectivity index (χ0n) is 10.8. The Morgan fingerprint density at radius 3 is 2.25 bits per heavy atom. The molecule has 1 aromatic rings. The van der Waals surface area contributed by atoms with Gasteiger partial charge in [-0.25, -0.2) is 0 Å². The number of hydrogen-bond donors (Lipinski definition) is 1. The third kappa shape index (κ3) is 2.76. The second kappa shape index (κ2) is 5.90. The van der Waals surface area contributed by atoms with Crippen molar-refractivity contribution in [2.45, 2.75) is 45.7 Å². The van der Waals surface area contributed by atoms with E-state index in [1.165, 1.54) is 0 Å². The van der Waals surface area contributed by atoms with Gasteiger partial charge in [0.15, 0.2) is 0 Å². The first kappa shape index (κ1) is 13.0. The molecule has 16 heavy (non-hydrogen) atoms. The average Bonchev–Trinajstić information content (AvgIpc) is 2.30. The van der Waals surface area contributed by atoms with Crippen LogP contribution in [0.3, 0.4) is 0 Å². The monoisotopic (exact) mass is 221 g/mol. The molecule has 0 bridgehead atoms. The Labute approximate surface area is 98.9 Å². The van der Waals surface area contributed by atoms with Crippen LogP contribution in [0, 0.1) is 0 Å². The van der Waals surface area contributed by atoms with Crippen LogP contribution in [0.5, 0.6) is 5.75 Å². The summed E-state index contributed by atoms with van der Waals surface area (Å²) in [4.78, 5) is 2.34. The Morgan fingerprint density at radius 1 is 1.19 bits per heavy atom. The minimum absolute atomic E-state index is 0.256. The normalized spacial score (nSPS) is 13.4. The van der Waals surface area contributed by atoms with E-state index in [9.17, 15) is 5.11 Å². The molecule has 0 heterocycles. The summed E-state index contributed by atoms with van der Waals surface area (Å²) in [7, 11) is 2.13. The summed E-state index contributed by atoms with van der Waals surface area (Å²) in [6.07, 6.45) is 2.29. The zero-order valence-corrected chi connectivity index (χ0v) is 10.8. The topological polar surface area (TPSA) is 23.5 Å². The Hall–Kier alpha value is -1.02. The van der Waals surface area contributed by atoms with E-state index >= 15 is 0 Å². The van der Waals surface area contributed by atoms with Gasteiger partial charge in [-0.1, -0.05) is 32.0 Å². The van der Waals surface area contributed by atoms with Crippen molar-refractivity contribution in [1.29, 1.82) is 0 Å². The summed E-state index contributed by atoms with van der Waals surface area (Å²) in [6.45, 7) is 6.57. The van der Waals surface area contributed by atoms with Crippen LogP contribution in [0.25, 0.3) is 0 Å². The largest absolute Gasteiger partial charge is 0.508 e. The van der Waals surface area contributed by atoms with Crippen LogP contribution < -0.4 is 0 Å². The van der Waals surface area contributed by atoms with Crippen molar-refractivity contribution in [1.82, 2.24) is 4.90 Å². The van der Waals surface area contributed by atoms with Gasteiger partial charge in [-0.15, -0.1) is 0 Å². The molecular formula is C14H23NO. The molecule has 0 fully saturated rings. The van der Waals surface area contributed by atoms with Crippen molar-refractivity contribution in [2.75, 3.05) is 7.05 Å². The van der Waals surface area contributed by atoms with Gasteiger partial charge in [0.25, 0.3) is 0 Å². The Bertz CT molecular complexity index is 320. The molecule has 90 valence electrons. The summed E-state index contributed by atoms with van der Waals surface area (Å²) in [6, 6.07) is 8.43. The van der Waals surface area contributed by atoms with Crippen LogP contribution in [0.2, 0.25) is 0 Å². The molecule has 0 spiro atoms.